The molecule has 2 heterocycles. The summed E-state index contributed by atoms with van der Waals surface area (Å²) in [5, 5.41) is 10.7. The molecule has 0 aliphatic rings. The quantitative estimate of drug-likeness (QED) is 0.364. The molecule has 0 spiro atoms. The molecule has 0 aliphatic heterocycles. The molecule has 0 aliphatic carbocycles. The maximum absolute atomic E-state index is 11.3. The summed E-state index contributed by atoms with van der Waals surface area (Å²) in [5.41, 5.74) is 0.850. The van der Waals surface area contributed by atoms with Crippen LogP contribution in [0.15, 0.2) is 5.03 Å². The standard InChI is InChI=1S/C12H18N6O3S2/c1-7(2)21-4-3-20-6-18-9-10(16-17-18)14-12(15-11(9)23)13-8(19)5-22/h7,22H,3-6H2,1-2H3,(H2,13,14,15,19,23). The number of anilines is 1. The molecule has 2 aromatic rings. The average molecular weight is 358 g/mol. The van der Waals surface area contributed by atoms with Gasteiger partial charge in [0.1, 0.15) is 17.3 Å². The molecule has 0 bridgehead atoms. The largest absolute Gasteiger partial charge is 0.376 e. The molecule has 0 atom stereocenters. The molecule has 0 radical (unpaired) electrons. The second kappa shape index (κ2) is 8.43. The number of carbonyl (C=O) groups excluding carboxylic acids is 1. The van der Waals surface area contributed by atoms with Gasteiger partial charge in [0, 0.05) is 0 Å². The number of rotatable bonds is 8. The second-order valence-corrected chi connectivity index (χ2v) is 5.54. The van der Waals surface area contributed by atoms with Crippen LogP contribution in [0.3, 0.4) is 0 Å². The number of aromatic nitrogens is 5. The predicted octanol–water partition coefficient (Wildman–Crippen LogP) is 0.777. The number of nitrogens with zero attached hydrogens (tertiary/aromatic N) is 5. The lowest BCUT2D eigenvalue weighted by Gasteiger charge is -2.08. The third-order valence-electron chi connectivity index (χ3n) is 2.64. The Hall–Kier alpha value is -1.43. The fourth-order valence-electron chi connectivity index (χ4n) is 1.68. The highest BCUT2D eigenvalue weighted by molar-refractivity contribution is 7.81. The number of amides is 1. The molecule has 1 N–H and O–H groups in total. The molecule has 126 valence electrons. The van der Waals surface area contributed by atoms with E-state index in [0.717, 1.165) is 0 Å². The lowest BCUT2D eigenvalue weighted by atomic mass is 10.5. The fourth-order valence-corrected chi connectivity index (χ4v) is 2.07. The number of hydrogen-bond acceptors (Lipinski definition) is 9. The Morgan fingerprint density at radius 1 is 1.35 bits per heavy atom. The van der Waals surface area contributed by atoms with E-state index in [2.05, 4.69) is 50.9 Å². The minimum atomic E-state index is -0.318. The van der Waals surface area contributed by atoms with Crippen LogP contribution in [0.5, 0.6) is 0 Å². The second-order valence-electron chi connectivity index (χ2n) is 4.80. The van der Waals surface area contributed by atoms with E-state index in [1.54, 1.807) is 0 Å². The van der Waals surface area contributed by atoms with Crippen LogP contribution in [-0.4, -0.2) is 55.9 Å². The van der Waals surface area contributed by atoms with Gasteiger partial charge in [0.05, 0.1) is 25.1 Å². The molecule has 0 fully saturated rings. The average Bonchev–Trinajstić information content (AvgIpc) is 2.90. The lowest BCUT2D eigenvalue weighted by molar-refractivity contribution is -0.113. The molecule has 2 aromatic heterocycles. The van der Waals surface area contributed by atoms with E-state index >= 15 is 0 Å². The Kier molecular flexibility index (Phi) is 6.57. The predicted molar refractivity (Wildman–Crippen MR) is 89.9 cm³/mol. The molecule has 23 heavy (non-hydrogen) atoms. The van der Waals surface area contributed by atoms with E-state index in [-0.39, 0.29) is 30.4 Å². The zero-order valence-corrected chi connectivity index (χ0v) is 14.5. The van der Waals surface area contributed by atoms with Crippen molar-refractivity contribution < 1.29 is 14.3 Å². The van der Waals surface area contributed by atoms with Crippen LogP contribution >= 0.6 is 25.3 Å². The van der Waals surface area contributed by atoms with E-state index in [1.807, 2.05) is 13.8 Å². The van der Waals surface area contributed by atoms with Crippen molar-refractivity contribution in [2.75, 3.05) is 24.3 Å². The van der Waals surface area contributed by atoms with Gasteiger partial charge in [-0.25, -0.2) is 9.67 Å². The highest BCUT2D eigenvalue weighted by Gasteiger charge is 2.14. The van der Waals surface area contributed by atoms with Gasteiger partial charge in [0.15, 0.2) is 0 Å². The molecule has 9 nitrogen and oxygen atoms in total. The van der Waals surface area contributed by atoms with Crippen LogP contribution in [-0.2, 0) is 21.0 Å². The SMILES string of the molecule is CC(C)OCCOCn1nnc2nc(NC(=O)CS)nc(S)c21. The van der Waals surface area contributed by atoms with E-state index < -0.39 is 0 Å². The van der Waals surface area contributed by atoms with Crippen LogP contribution in [0.2, 0.25) is 0 Å². The van der Waals surface area contributed by atoms with Gasteiger partial charge in [-0.1, -0.05) is 5.21 Å². The maximum atomic E-state index is 11.3. The Morgan fingerprint density at radius 3 is 2.83 bits per heavy atom. The van der Waals surface area contributed by atoms with Crippen molar-refractivity contribution in [1.29, 1.82) is 0 Å². The maximum Gasteiger partial charge on any atom is 0.236 e. The van der Waals surface area contributed by atoms with Gasteiger partial charge in [-0.3, -0.25) is 10.1 Å². The third kappa shape index (κ3) is 5.03. The van der Waals surface area contributed by atoms with Gasteiger partial charge in [0.25, 0.3) is 0 Å². The molecular formula is C12H18N6O3S2. The Morgan fingerprint density at radius 2 is 2.13 bits per heavy atom. The highest BCUT2D eigenvalue weighted by atomic mass is 32.1. The highest BCUT2D eigenvalue weighted by Crippen LogP contribution is 2.18. The number of thiol groups is 2. The first-order chi connectivity index (χ1) is 11.0. The summed E-state index contributed by atoms with van der Waals surface area (Å²) in [6.07, 6.45) is 0.161. The smallest absolute Gasteiger partial charge is 0.236 e. The first-order valence-electron chi connectivity index (χ1n) is 6.91. The van der Waals surface area contributed by atoms with Crippen LogP contribution in [0.4, 0.5) is 5.95 Å². The van der Waals surface area contributed by atoms with Crippen molar-refractivity contribution >= 4 is 48.3 Å². The summed E-state index contributed by atoms with van der Waals surface area (Å²) in [6.45, 7) is 5.02. The zero-order chi connectivity index (χ0) is 16.8. The van der Waals surface area contributed by atoms with E-state index in [4.69, 9.17) is 9.47 Å². The number of nitrogens with one attached hydrogen (secondary N) is 1. The number of ether oxygens (including phenoxy) is 2. The fraction of sp³-hybridized carbons (Fsp3) is 0.583. The summed E-state index contributed by atoms with van der Waals surface area (Å²) in [4.78, 5) is 19.5. The monoisotopic (exact) mass is 358 g/mol. The summed E-state index contributed by atoms with van der Waals surface area (Å²) >= 11 is 8.17. The summed E-state index contributed by atoms with van der Waals surface area (Å²) < 4.78 is 12.3. The van der Waals surface area contributed by atoms with Crippen molar-refractivity contribution in [3.63, 3.8) is 0 Å². The van der Waals surface area contributed by atoms with Crippen molar-refractivity contribution in [2.45, 2.75) is 31.7 Å². The molecule has 0 saturated heterocycles. The van der Waals surface area contributed by atoms with Crippen molar-refractivity contribution in [2.24, 2.45) is 0 Å². The Labute approximate surface area is 144 Å². The van der Waals surface area contributed by atoms with Crippen molar-refractivity contribution in [3.8, 4) is 0 Å². The topological polar surface area (TPSA) is 104 Å². The first-order valence-corrected chi connectivity index (χ1v) is 7.99. The van der Waals surface area contributed by atoms with Gasteiger partial charge < -0.3 is 9.47 Å². The Balaban J connectivity index is 2.04. The van der Waals surface area contributed by atoms with E-state index in [0.29, 0.717) is 29.4 Å². The van der Waals surface area contributed by atoms with Crippen LogP contribution < -0.4 is 5.32 Å². The normalized spacial score (nSPS) is 11.3. The minimum Gasteiger partial charge on any atom is -0.376 e. The summed E-state index contributed by atoms with van der Waals surface area (Å²) in [7, 11) is 0. The number of hydrogen-bond donors (Lipinski definition) is 3. The van der Waals surface area contributed by atoms with Crippen molar-refractivity contribution in [3.05, 3.63) is 0 Å². The molecular weight excluding hydrogens is 340 g/mol. The van der Waals surface area contributed by atoms with Gasteiger partial charge in [-0.15, -0.1) is 17.7 Å². The van der Waals surface area contributed by atoms with E-state index in [9.17, 15) is 4.79 Å². The van der Waals surface area contributed by atoms with Crippen LogP contribution in [0.1, 0.15) is 13.8 Å². The molecule has 0 unspecified atom stereocenters. The lowest BCUT2D eigenvalue weighted by Crippen LogP contribution is -2.15. The Bertz CT molecular complexity index is 678. The molecule has 0 saturated carbocycles. The van der Waals surface area contributed by atoms with Crippen molar-refractivity contribution in [1.82, 2.24) is 25.0 Å². The van der Waals surface area contributed by atoms with Gasteiger partial charge >= 0.3 is 0 Å². The molecule has 2 rings (SSSR count). The summed E-state index contributed by atoms with van der Waals surface area (Å²) in [6, 6.07) is 0. The number of fused-ring (bicyclic) bond motifs is 1. The molecule has 11 heteroatoms. The van der Waals surface area contributed by atoms with Gasteiger partial charge in [-0.2, -0.15) is 17.6 Å². The van der Waals surface area contributed by atoms with Crippen LogP contribution in [0, 0.1) is 0 Å². The first kappa shape index (κ1) is 17.9. The zero-order valence-electron chi connectivity index (χ0n) is 12.8. The molecule has 1 amide bonds. The van der Waals surface area contributed by atoms with Gasteiger partial charge in [-0.05, 0) is 13.8 Å². The van der Waals surface area contributed by atoms with Gasteiger partial charge in [0.2, 0.25) is 17.5 Å². The van der Waals surface area contributed by atoms with Crippen LogP contribution in [0.25, 0.3) is 11.2 Å². The summed E-state index contributed by atoms with van der Waals surface area (Å²) in [5.74, 6) is -0.177. The van der Waals surface area contributed by atoms with E-state index in [1.165, 1.54) is 4.68 Å². The third-order valence-corrected chi connectivity index (χ3v) is 3.24. The minimum absolute atomic E-state index is 0.0300. The molecule has 0 aromatic carbocycles. The number of carbonyl (C=O) groups is 1.